The van der Waals surface area contributed by atoms with Crippen LogP contribution in [0.15, 0.2) is 23.1 Å². The molecule has 0 radical (unpaired) electrons. The highest BCUT2D eigenvalue weighted by molar-refractivity contribution is 7.89. The summed E-state index contributed by atoms with van der Waals surface area (Å²) in [6, 6.07) is 2.38. The molecule has 0 aromatic heterocycles. The lowest BCUT2D eigenvalue weighted by molar-refractivity contribution is 0.0121. The molecule has 1 aliphatic rings. The van der Waals surface area contributed by atoms with Gasteiger partial charge in [0.2, 0.25) is 10.0 Å². The topological polar surface area (TPSA) is 46.6 Å². The predicted octanol–water partition coefficient (Wildman–Crippen LogP) is 1.59. The number of benzene rings is 1. The summed E-state index contributed by atoms with van der Waals surface area (Å²) in [5.74, 6) is -1.77. The lowest BCUT2D eigenvalue weighted by atomic mass is 10.3. The molecule has 0 bridgehead atoms. The van der Waals surface area contributed by atoms with Crippen LogP contribution in [0.25, 0.3) is 0 Å². The van der Waals surface area contributed by atoms with Gasteiger partial charge in [-0.15, -0.1) is 11.6 Å². The van der Waals surface area contributed by atoms with E-state index in [4.69, 9.17) is 16.3 Å². The first-order chi connectivity index (χ1) is 8.95. The average molecular weight is 312 g/mol. The SMILES string of the molecule is O=S(=O)(c1ccc(F)cc1F)N1CCOC(CCl)C1. The summed E-state index contributed by atoms with van der Waals surface area (Å²) in [5, 5.41) is 0. The Morgan fingerprint density at radius 2 is 2.16 bits per heavy atom. The highest BCUT2D eigenvalue weighted by Crippen LogP contribution is 2.22. The Kier molecular flexibility index (Phi) is 4.39. The quantitative estimate of drug-likeness (QED) is 0.797. The minimum atomic E-state index is -4.00. The highest BCUT2D eigenvalue weighted by Gasteiger charge is 2.32. The number of sulfonamides is 1. The Bertz CT molecular complexity index is 567. The Balaban J connectivity index is 2.31. The van der Waals surface area contributed by atoms with Gasteiger partial charge in [-0.3, -0.25) is 0 Å². The smallest absolute Gasteiger partial charge is 0.246 e. The molecule has 0 aliphatic carbocycles. The zero-order chi connectivity index (χ0) is 14.0. The molecule has 2 rings (SSSR count). The van der Waals surface area contributed by atoms with Gasteiger partial charge in [0.05, 0.1) is 12.7 Å². The second kappa shape index (κ2) is 5.70. The maximum Gasteiger partial charge on any atom is 0.246 e. The summed E-state index contributed by atoms with van der Waals surface area (Å²) >= 11 is 5.62. The van der Waals surface area contributed by atoms with Crippen LogP contribution in [0.2, 0.25) is 0 Å². The van der Waals surface area contributed by atoms with Crippen LogP contribution in [0.3, 0.4) is 0 Å². The second-order valence-electron chi connectivity index (χ2n) is 4.08. The first-order valence-corrected chi connectivity index (χ1v) is 7.55. The van der Waals surface area contributed by atoms with Gasteiger partial charge in [0.15, 0.2) is 0 Å². The van der Waals surface area contributed by atoms with Crippen molar-refractivity contribution in [2.45, 2.75) is 11.0 Å². The standard InChI is InChI=1S/C11H12ClF2NO3S/c12-6-9-7-15(3-4-18-9)19(16,17)11-2-1-8(13)5-10(11)14/h1-2,5,9H,3-4,6-7H2. The first-order valence-electron chi connectivity index (χ1n) is 5.58. The molecule has 19 heavy (non-hydrogen) atoms. The Morgan fingerprint density at radius 1 is 1.42 bits per heavy atom. The molecule has 1 atom stereocenters. The van der Waals surface area contributed by atoms with Gasteiger partial charge in [-0.2, -0.15) is 4.31 Å². The minimum Gasteiger partial charge on any atom is -0.374 e. The van der Waals surface area contributed by atoms with Gasteiger partial charge < -0.3 is 4.74 Å². The van der Waals surface area contributed by atoms with Gasteiger partial charge >= 0.3 is 0 Å². The number of rotatable bonds is 3. The lowest BCUT2D eigenvalue weighted by Gasteiger charge is -2.31. The van der Waals surface area contributed by atoms with Crippen LogP contribution in [0.1, 0.15) is 0 Å². The maximum absolute atomic E-state index is 13.6. The van der Waals surface area contributed by atoms with Crippen molar-refractivity contribution < 1.29 is 21.9 Å². The van der Waals surface area contributed by atoms with Gasteiger partial charge in [0.25, 0.3) is 0 Å². The normalized spacial score (nSPS) is 21.5. The third-order valence-electron chi connectivity index (χ3n) is 2.79. The van der Waals surface area contributed by atoms with Crippen LogP contribution >= 0.6 is 11.6 Å². The Labute approximate surface area is 115 Å². The Morgan fingerprint density at radius 3 is 2.79 bits per heavy atom. The van der Waals surface area contributed by atoms with Crippen molar-refractivity contribution in [2.75, 3.05) is 25.6 Å². The van der Waals surface area contributed by atoms with Crippen molar-refractivity contribution in [1.82, 2.24) is 4.31 Å². The fraction of sp³-hybridized carbons (Fsp3) is 0.455. The summed E-state index contributed by atoms with van der Waals surface area (Å²) in [6.07, 6.45) is -0.422. The van der Waals surface area contributed by atoms with Crippen LogP contribution in [0.5, 0.6) is 0 Å². The molecule has 0 spiro atoms. The lowest BCUT2D eigenvalue weighted by Crippen LogP contribution is -2.46. The zero-order valence-corrected chi connectivity index (χ0v) is 11.4. The van der Waals surface area contributed by atoms with E-state index in [1.807, 2.05) is 0 Å². The number of ether oxygens (including phenoxy) is 1. The number of morpholine rings is 1. The van der Waals surface area contributed by atoms with E-state index < -0.39 is 32.7 Å². The molecule has 1 aliphatic heterocycles. The molecule has 1 aromatic rings. The molecular weight excluding hydrogens is 300 g/mol. The van der Waals surface area contributed by atoms with Crippen molar-refractivity contribution in [3.63, 3.8) is 0 Å². The molecule has 8 heteroatoms. The first kappa shape index (κ1) is 14.6. The van der Waals surface area contributed by atoms with Crippen LogP contribution in [-0.2, 0) is 14.8 Å². The monoisotopic (exact) mass is 311 g/mol. The molecule has 1 fully saturated rings. The van der Waals surface area contributed by atoms with Crippen molar-refractivity contribution in [2.24, 2.45) is 0 Å². The van der Waals surface area contributed by atoms with E-state index in [1.54, 1.807) is 0 Å². The molecular formula is C11H12ClF2NO3S. The molecule has 1 aromatic carbocycles. The summed E-state index contributed by atoms with van der Waals surface area (Å²) < 4.78 is 57.2. The number of alkyl halides is 1. The van der Waals surface area contributed by atoms with Crippen LogP contribution < -0.4 is 0 Å². The van der Waals surface area contributed by atoms with Gasteiger partial charge in [-0.25, -0.2) is 17.2 Å². The summed E-state index contributed by atoms with van der Waals surface area (Å²) in [7, 11) is -4.00. The van der Waals surface area contributed by atoms with Crippen molar-refractivity contribution >= 4 is 21.6 Å². The molecule has 0 amide bonds. The number of hydrogen-bond donors (Lipinski definition) is 0. The summed E-state index contributed by atoms with van der Waals surface area (Å²) in [4.78, 5) is -0.538. The highest BCUT2D eigenvalue weighted by atomic mass is 35.5. The van der Waals surface area contributed by atoms with Crippen molar-refractivity contribution in [1.29, 1.82) is 0 Å². The molecule has 0 saturated carbocycles. The van der Waals surface area contributed by atoms with Crippen molar-refractivity contribution in [3.8, 4) is 0 Å². The van der Waals surface area contributed by atoms with Crippen molar-refractivity contribution in [3.05, 3.63) is 29.8 Å². The molecule has 1 heterocycles. The van der Waals surface area contributed by atoms with E-state index in [2.05, 4.69) is 0 Å². The van der Waals surface area contributed by atoms with Gasteiger partial charge in [0.1, 0.15) is 16.5 Å². The largest absolute Gasteiger partial charge is 0.374 e. The van der Waals surface area contributed by atoms with E-state index in [1.165, 1.54) is 0 Å². The van der Waals surface area contributed by atoms with E-state index in [9.17, 15) is 17.2 Å². The Hall–Kier alpha value is -0.760. The van der Waals surface area contributed by atoms with E-state index in [-0.39, 0.29) is 25.6 Å². The molecule has 4 nitrogen and oxygen atoms in total. The van der Waals surface area contributed by atoms with Gasteiger partial charge in [0, 0.05) is 25.0 Å². The number of halogens is 3. The van der Waals surface area contributed by atoms with E-state index in [0.717, 1.165) is 16.4 Å². The fourth-order valence-electron chi connectivity index (χ4n) is 1.83. The van der Waals surface area contributed by atoms with Crippen LogP contribution in [0, 0.1) is 11.6 Å². The van der Waals surface area contributed by atoms with Gasteiger partial charge in [-0.1, -0.05) is 0 Å². The zero-order valence-electron chi connectivity index (χ0n) is 9.85. The van der Waals surface area contributed by atoms with Gasteiger partial charge in [-0.05, 0) is 12.1 Å². The van der Waals surface area contributed by atoms with E-state index >= 15 is 0 Å². The summed E-state index contributed by atoms with van der Waals surface area (Å²) in [6.45, 7) is 0.370. The second-order valence-corrected chi connectivity index (χ2v) is 6.30. The fourth-order valence-corrected chi connectivity index (χ4v) is 3.52. The molecule has 0 N–H and O–H groups in total. The summed E-state index contributed by atoms with van der Waals surface area (Å²) in [5.41, 5.74) is 0. The number of nitrogens with zero attached hydrogens (tertiary/aromatic N) is 1. The molecule has 1 saturated heterocycles. The maximum atomic E-state index is 13.6. The third kappa shape index (κ3) is 3.05. The number of hydrogen-bond acceptors (Lipinski definition) is 3. The molecule has 106 valence electrons. The third-order valence-corrected chi connectivity index (χ3v) is 5.03. The van der Waals surface area contributed by atoms with Crippen LogP contribution in [-0.4, -0.2) is 44.4 Å². The van der Waals surface area contributed by atoms with E-state index in [0.29, 0.717) is 6.07 Å². The predicted molar refractivity (Wildman–Crippen MR) is 65.6 cm³/mol. The molecule has 1 unspecified atom stereocenters. The minimum absolute atomic E-state index is 0.0582. The van der Waals surface area contributed by atoms with Crippen LogP contribution in [0.4, 0.5) is 8.78 Å². The average Bonchev–Trinajstić information content (AvgIpc) is 2.38.